The summed E-state index contributed by atoms with van der Waals surface area (Å²) < 4.78 is 8.82. The molecule has 0 atom stereocenters. The Balaban J connectivity index is 1.05. The quantitative estimate of drug-likeness (QED) is 0.184. The van der Waals surface area contributed by atoms with Crippen LogP contribution >= 0.6 is 0 Å². The van der Waals surface area contributed by atoms with Gasteiger partial charge in [-0.05, 0) is 92.7 Å². The van der Waals surface area contributed by atoms with Crippen molar-refractivity contribution in [3.05, 3.63) is 198 Å². The minimum Gasteiger partial charge on any atom is -0.452 e. The summed E-state index contributed by atoms with van der Waals surface area (Å²) in [6, 6.07) is 63.5. The molecule has 0 saturated heterocycles. The standard InChI is InChI=1S/C51H29N3O/c1-2-12-31(13-3-1)47-49-48(36-17-6-9-23-43(36)55-49)53-50(52-47)32-24-27-33(28-25-32)54-41-22-11-21-40-45(41)46-42(54)29-26-30-14-10-20-39(44(30)46)51(40)37-18-7-4-15-34(37)35-16-5-8-19-38(35)51/h1-29H. The summed E-state index contributed by atoms with van der Waals surface area (Å²) in [4.78, 5) is 10.3. The van der Waals surface area contributed by atoms with Gasteiger partial charge in [-0.15, -0.1) is 0 Å². The van der Waals surface area contributed by atoms with E-state index in [1.807, 2.05) is 36.4 Å². The molecular formula is C51H29N3O. The molecule has 0 fully saturated rings. The Morgan fingerprint density at radius 1 is 0.455 bits per heavy atom. The zero-order valence-corrected chi connectivity index (χ0v) is 29.5. The molecule has 3 aromatic heterocycles. The fourth-order valence-electron chi connectivity index (χ4n) is 10.1. The summed E-state index contributed by atoms with van der Waals surface area (Å²) >= 11 is 0. The van der Waals surface area contributed by atoms with Crippen LogP contribution in [0.1, 0.15) is 22.3 Å². The SMILES string of the molecule is c1ccc(-c2nc(-c3ccc(-n4c5cccc6c5c5c7c(cccc7ccc54)C64c5ccccc5-c5ccccc54)cc3)nc3c2oc2ccccc23)cc1. The first kappa shape index (κ1) is 29.2. The maximum Gasteiger partial charge on any atom is 0.180 e. The van der Waals surface area contributed by atoms with Gasteiger partial charge in [0.05, 0.1) is 16.4 Å². The van der Waals surface area contributed by atoms with Gasteiger partial charge in [0.1, 0.15) is 16.8 Å². The van der Waals surface area contributed by atoms with Crippen molar-refractivity contribution in [1.29, 1.82) is 0 Å². The Hall–Kier alpha value is -7.30. The van der Waals surface area contributed by atoms with Gasteiger partial charge in [-0.25, -0.2) is 9.97 Å². The van der Waals surface area contributed by atoms with Crippen LogP contribution in [0.5, 0.6) is 0 Å². The predicted molar refractivity (Wildman–Crippen MR) is 223 cm³/mol. The fourth-order valence-corrected chi connectivity index (χ4v) is 10.1. The largest absolute Gasteiger partial charge is 0.452 e. The molecule has 0 N–H and O–H groups in total. The zero-order chi connectivity index (χ0) is 35.8. The van der Waals surface area contributed by atoms with Crippen LogP contribution < -0.4 is 0 Å². The Kier molecular flexibility index (Phi) is 5.54. The molecule has 0 aliphatic heterocycles. The molecule has 0 radical (unpaired) electrons. The van der Waals surface area contributed by atoms with Gasteiger partial charge in [0.15, 0.2) is 11.4 Å². The number of furan rings is 1. The molecule has 0 unspecified atom stereocenters. The van der Waals surface area contributed by atoms with E-state index in [1.54, 1.807) is 0 Å². The van der Waals surface area contributed by atoms with Crippen molar-refractivity contribution in [2.24, 2.45) is 0 Å². The summed E-state index contributed by atoms with van der Waals surface area (Å²) in [5, 5.41) is 6.24. The number of aromatic nitrogens is 3. The Bertz CT molecular complexity index is 3380. The first-order chi connectivity index (χ1) is 27.3. The highest BCUT2D eigenvalue weighted by atomic mass is 16.3. The van der Waals surface area contributed by atoms with Gasteiger partial charge in [0.2, 0.25) is 0 Å². The summed E-state index contributed by atoms with van der Waals surface area (Å²) in [5.41, 5.74) is 16.2. The first-order valence-electron chi connectivity index (χ1n) is 18.8. The van der Waals surface area contributed by atoms with Gasteiger partial charge in [-0.3, -0.25) is 0 Å². The van der Waals surface area contributed by atoms with E-state index >= 15 is 0 Å². The van der Waals surface area contributed by atoms with Crippen LogP contribution in [0.25, 0.3) is 94.1 Å². The van der Waals surface area contributed by atoms with E-state index in [1.165, 1.54) is 66.0 Å². The number of fused-ring (bicyclic) bond motifs is 10. The highest BCUT2D eigenvalue weighted by Crippen LogP contribution is 2.62. The lowest BCUT2D eigenvalue weighted by Gasteiger charge is -2.37. The van der Waals surface area contributed by atoms with E-state index in [4.69, 9.17) is 14.4 Å². The van der Waals surface area contributed by atoms with Gasteiger partial charge in [-0.2, -0.15) is 0 Å². The van der Waals surface area contributed by atoms with E-state index in [9.17, 15) is 0 Å². The number of hydrogen-bond acceptors (Lipinski definition) is 3. The maximum atomic E-state index is 6.37. The smallest absolute Gasteiger partial charge is 0.180 e. The van der Waals surface area contributed by atoms with Crippen LogP contribution in [0, 0.1) is 0 Å². The van der Waals surface area contributed by atoms with E-state index in [-0.39, 0.29) is 0 Å². The second-order valence-corrected chi connectivity index (χ2v) is 14.8. The second-order valence-electron chi connectivity index (χ2n) is 14.8. The van der Waals surface area contributed by atoms with E-state index in [0.717, 1.165) is 39.0 Å². The third kappa shape index (κ3) is 3.61. The van der Waals surface area contributed by atoms with Crippen LogP contribution in [0.2, 0.25) is 0 Å². The summed E-state index contributed by atoms with van der Waals surface area (Å²) in [6.07, 6.45) is 0. The van der Waals surface area contributed by atoms with Crippen molar-refractivity contribution < 1.29 is 4.42 Å². The molecule has 4 heteroatoms. The molecule has 13 rings (SSSR count). The van der Waals surface area contributed by atoms with E-state index in [0.29, 0.717) is 11.4 Å². The molecule has 0 saturated carbocycles. The Morgan fingerprint density at radius 3 is 1.91 bits per heavy atom. The van der Waals surface area contributed by atoms with E-state index < -0.39 is 5.41 Å². The minimum atomic E-state index is -0.423. The average Bonchev–Trinajstić information content (AvgIpc) is 3.90. The Morgan fingerprint density at radius 2 is 1.11 bits per heavy atom. The monoisotopic (exact) mass is 699 g/mol. The highest BCUT2D eigenvalue weighted by Gasteiger charge is 2.49. The zero-order valence-electron chi connectivity index (χ0n) is 29.5. The van der Waals surface area contributed by atoms with Gasteiger partial charge < -0.3 is 8.98 Å². The molecule has 2 aliphatic rings. The Labute approximate surface area is 315 Å². The molecule has 55 heavy (non-hydrogen) atoms. The minimum absolute atomic E-state index is 0.423. The number of benzene rings is 8. The van der Waals surface area contributed by atoms with Crippen molar-refractivity contribution >= 4 is 54.6 Å². The summed E-state index contributed by atoms with van der Waals surface area (Å²) in [5.74, 6) is 0.669. The molecule has 4 nitrogen and oxygen atoms in total. The lowest BCUT2D eigenvalue weighted by molar-refractivity contribution is 0.667. The number of hydrogen-bond donors (Lipinski definition) is 0. The third-order valence-electron chi connectivity index (χ3n) is 12.2. The van der Waals surface area contributed by atoms with Crippen molar-refractivity contribution in [2.45, 2.75) is 5.41 Å². The first-order valence-corrected chi connectivity index (χ1v) is 18.8. The molecule has 1 spiro atoms. The second kappa shape index (κ2) is 10.4. The van der Waals surface area contributed by atoms with Gasteiger partial charge in [0, 0.05) is 33.0 Å². The average molecular weight is 700 g/mol. The lowest BCUT2D eigenvalue weighted by atomic mass is 9.63. The van der Waals surface area contributed by atoms with Crippen LogP contribution in [-0.4, -0.2) is 14.5 Å². The normalized spacial score (nSPS) is 13.6. The predicted octanol–water partition coefficient (Wildman–Crippen LogP) is 12.6. The molecule has 11 aromatic rings. The molecule has 2 aliphatic carbocycles. The van der Waals surface area contributed by atoms with Gasteiger partial charge >= 0.3 is 0 Å². The lowest BCUT2D eigenvalue weighted by Crippen LogP contribution is -2.30. The molecule has 254 valence electrons. The summed E-state index contributed by atoms with van der Waals surface area (Å²) in [7, 11) is 0. The molecule has 3 heterocycles. The van der Waals surface area contributed by atoms with E-state index in [2.05, 4.69) is 144 Å². The number of para-hydroxylation sites is 1. The summed E-state index contributed by atoms with van der Waals surface area (Å²) in [6.45, 7) is 0. The number of rotatable bonds is 3. The van der Waals surface area contributed by atoms with Gasteiger partial charge in [-0.1, -0.05) is 127 Å². The van der Waals surface area contributed by atoms with Gasteiger partial charge in [0.25, 0.3) is 0 Å². The van der Waals surface area contributed by atoms with Crippen molar-refractivity contribution in [1.82, 2.24) is 14.5 Å². The maximum absolute atomic E-state index is 6.37. The highest BCUT2D eigenvalue weighted by molar-refractivity contribution is 6.26. The third-order valence-corrected chi connectivity index (χ3v) is 12.2. The fraction of sp³-hybridized carbons (Fsp3) is 0.0196. The molecular weight excluding hydrogens is 671 g/mol. The molecule has 8 aromatic carbocycles. The van der Waals surface area contributed by atoms with Crippen molar-refractivity contribution in [3.63, 3.8) is 0 Å². The van der Waals surface area contributed by atoms with Crippen LogP contribution in [0.4, 0.5) is 0 Å². The van der Waals surface area contributed by atoms with Crippen LogP contribution in [0.15, 0.2) is 180 Å². The molecule has 0 bridgehead atoms. The van der Waals surface area contributed by atoms with Crippen molar-refractivity contribution in [3.8, 4) is 39.5 Å². The molecule has 0 amide bonds. The topological polar surface area (TPSA) is 43.9 Å². The van der Waals surface area contributed by atoms with Crippen molar-refractivity contribution in [2.75, 3.05) is 0 Å². The van der Waals surface area contributed by atoms with Crippen LogP contribution in [0.3, 0.4) is 0 Å². The van der Waals surface area contributed by atoms with Crippen LogP contribution in [-0.2, 0) is 5.41 Å². The number of nitrogens with zero attached hydrogens (tertiary/aromatic N) is 3.